The minimum absolute atomic E-state index is 0.335. The molecule has 0 fully saturated rings. The van der Waals surface area contributed by atoms with Crippen molar-refractivity contribution in [3.63, 3.8) is 0 Å². The quantitative estimate of drug-likeness (QED) is 0.767. The Labute approximate surface area is 101 Å². The molecule has 102 valence electrons. The molecule has 4 N–H and O–H groups in total. The van der Waals surface area contributed by atoms with Gasteiger partial charge in [-0.1, -0.05) is 0 Å². The second kappa shape index (κ2) is 5.96. The lowest BCUT2D eigenvalue weighted by Gasteiger charge is -2.18. The van der Waals surface area contributed by atoms with E-state index in [1.54, 1.807) is 0 Å². The third-order valence-corrected chi connectivity index (χ3v) is 2.20. The zero-order chi connectivity index (χ0) is 13.8. The van der Waals surface area contributed by atoms with Crippen LogP contribution in [0, 0.1) is 0 Å². The molecular weight excluding hydrogens is 254 g/mol. The fourth-order valence-electron chi connectivity index (χ4n) is 1.20. The summed E-state index contributed by atoms with van der Waals surface area (Å²) in [7, 11) is 0. The number of hydrogen-bond donors (Lipinski definition) is 2. The Kier molecular flexibility index (Phi) is 4.85. The Morgan fingerprint density at radius 1 is 1.39 bits per heavy atom. The summed E-state index contributed by atoms with van der Waals surface area (Å²) in [6, 6.07) is 0.690. The highest BCUT2D eigenvalue weighted by Gasteiger charge is 2.41. The first-order valence-electron chi connectivity index (χ1n) is 5.03. The largest absolute Gasteiger partial charge is 0.398 e. The number of hydrogen-bond acceptors (Lipinski definition) is 4. The Balaban J connectivity index is 2.48. The zero-order valence-corrected chi connectivity index (χ0v) is 9.32. The van der Waals surface area contributed by atoms with E-state index >= 15 is 0 Å². The molecule has 1 rings (SSSR count). The molecule has 18 heavy (non-hydrogen) atoms. The maximum atomic E-state index is 12.5. The average Bonchev–Trinajstić information content (AvgIpc) is 2.29. The van der Waals surface area contributed by atoms with E-state index in [9.17, 15) is 17.6 Å². The molecular formula is C10H13F4N3O. The van der Waals surface area contributed by atoms with Crippen molar-refractivity contribution in [2.75, 3.05) is 18.9 Å². The van der Waals surface area contributed by atoms with Crippen LogP contribution >= 0.6 is 0 Å². The van der Waals surface area contributed by atoms with E-state index < -0.39 is 25.0 Å². The molecule has 0 aromatic carbocycles. The van der Waals surface area contributed by atoms with Gasteiger partial charge in [0.1, 0.15) is 6.61 Å². The standard InChI is InChI=1S/C10H13F4N3O/c11-9(12)10(13,14)5-18-4-8(16)6-3-17-2-1-7(6)15/h1-3,8-9H,4-5,16H2,(H2,15,17). The predicted octanol–water partition coefficient (Wildman–Crippen LogP) is 1.58. The fourth-order valence-corrected chi connectivity index (χ4v) is 1.20. The van der Waals surface area contributed by atoms with Crippen LogP contribution in [0.1, 0.15) is 11.6 Å². The Morgan fingerprint density at radius 2 is 2.06 bits per heavy atom. The Hall–Kier alpha value is -1.41. The monoisotopic (exact) mass is 267 g/mol. The first-order valence-corrected chi connectivity index (χ1v) is 5.03. The minimum atomic E-state index is -4.18. The van der Waals surface area contributed by atoms with Gasteiger partial charge >= 0.3 is 12.3 Å². The maximum absolute atomic E-state index is 12.5. The first-order chi connectivity index (χ1) is 8.34. The summed E-state index contributed by atoms with van der Waals surface area (Å²) in [5.41, 5.74) is 12.0. The molecule has 1 heterocycles. The number of aromatic nitrogens is 1. The highest BCUT2D eigenvalue weighted by atomic mass is 19.3. The number of alkyl halides is 4. The lowest BCUT2D eigenvalue weighted by molar-refractivity contribution is -0.166. The van der Waals surface area contributed by atoms with Crippen LogP contribution < -0.4 is 11.5 Å². The normalized spacial score (nSPS) is 13.9. The molecule has 0 saturated heterocycles. The van der Waals surface area contributed by atoms with E-state index in [0.717, 1.165) is 0 Å². The van der Waals surface area contributed by atoms with Crippen molar-refractivity contribution in [1.82, 2.24) is 4.98 Å². The van der Waals surface area contributed by atoms with Gasteiger partial charge in [-0.25, -0.2) is 8.78 Å². The number of anilines is 1. The molecule has 4 nitrogen and oxygen atoms in total. The molecule has 0 aliphatic rings. The number of nitrogens with two attached hydrogens (primary N) is 2. The van der Waals surface area contributed by atoms with Gasteiger partial charge in [-0.3, -0.25) is 4.98 Å². The molecule has 1 unspecified atom stereocenters. The van der Waals surface area contributed by atoms with Crippen LogP contribution in [0.15, 0.2) is 18.5 Å². The zero-order valence-electron chi connectivity index (χ0n) is 9.32. The summed E-state index contributed by atoms with van der Waals surface area (Å²) >= 11 is 0. The van der Waals surface area contributed by atoms with E-state index in [-0.39, 0.29) is 6.61 Å². The third-order valence-electron chi connectivity index (χ3n) is 2.20. The highest BCUT2D eigenvalue weighted by Crippen LogP contribution is 2.24. The molecule has 1 atom stereocenters. The Bertz CT molecular complexity index is 389. The predicted molar refractivity (Wildman–Crippen MR) is 57.3 cm³/mol. The van der Waals surface area contributed by atoms with Crippen LogP contribution in [-0.4, -0.2) is 30.5 Å². The minimum Gasteiger partial charge on any atom is -0.398 e. The fraction of sp³-hybridized carbons (Fsp3) is 0.500. The topological polar surface area (TPSA) is 74.2 Å². The van der Waals surface area contributed by atoms with Gasteiger partial charge in [0.2, 0.25) is 0 Å². The average molecular weight is 267 g/mol. The van der Waals surface area contributed by atoms with Crippen LogP contribution in [0.2, 0.25) is 0 Å². The van der Waals surface area contributed by atoms with Crippen LogP contribution in [-0.2, 0) is 4.74 Å². The van der Waals surface area contributed by atoms with Gasteiger partial charge in [0.05, 0.1) is 12.6 Å². The highest BCUT2D eigenvalue weighted by molar-refractivity contribution is 5.46. The van der Waals surface area contributed by atoms with Gasteiger partial charge in [-0.2, -0.15) is 8.78 Å². The van der Waals surface area contributed by atoms with Crippen LogP contribution in [0.3, 0.4) is 0 Å². The number of halogens is 4. The van der Waals surface area contributed by atoms with E-state index in [1.165, 1.54) is 18.5 Å². The van der Waals surface area contributed by atoms with Gasteiger partial charge in [0.25, 0.3) is 0 Å². The van der Waals surface area contributed by atoms with Gasteiger partial charge in [0.15, 0.2) is 0 Å². The molecule has 0 aliphatic heterocycles. The summed E-state index contributed by atoms with van der Waals surface area (Å²) in [4.78, 5) is 3.77. The van der Waals surface area contributed by atoms with Crippen molar-refractivity contribution in [3.05, 3.63) is 24.0 Å². The van der Waals surface area contributed by atoms with E-state index in [4.69, 9.17) is 11.5 Å². The van der Waals surface area contributed by atoms with Crippen molar-refractivity contribution in [3.8, 4) is 0 Å². The molecule has 0 spiro atoms. The molecule has 8 heteroatoms. The molecule has 1 aromatic rings. The van der Waals surface area contributed by atoms with Crippen molar-refractivity contribution in [1.29, 1.82) is 0 Å². The second-order valence-corrected chi connectivity index (χ2v) is 3.69. The number of nitrogens with zero attached hydrogens (tertiary/aromatic N) is 1. The Morgan fingerprint density at radius 3 is 2.61 bits per heavy atom. The van der Waals surface area contributed by atoms with Crippen LogP contribution in [0.25, 0.3) is 0 Å². The summed E-state index contributed by atoms with van der Waals surface area (Å²) in [5, 5.41) is 0. The maximum Gasteiger partial charge on any atom is 0.330 e. The molecule has 0 bridgehead atoms. The third kappa shape index (κ3) is 3.81. The van der Waals surface area contributed by atoms with Gasteiger partial charge in [-0.05, 0) is 6.07 Å². The van der Waals surface area contributed by atoms with Crippen molar-refractivity contribution in [2.45, 2.75) is 18.4 Å². The van der Waals surface area contributed by atoms with E-state index in [1.807, 2.05) is 0 Å². The summed E-state index contributed by atoms with van der Waals surface area (Å²) in [6.07, 6.45) is -0.955. The number of nitrogen functional groups attached to an aromatic ring is 1. The number of pyridine rings is 1. The molecule has 0 saturated carbocycles. The number of ether oxygens (including phenoxy) is 1. The summed E-state index contributed by atoms with van der Waals surface area (Å²) < 4.78 is 53.2. The lowest BCUT2D eigenvalue weighted by Crippen LogP contribution is -2.33. The van der Waals surface area contributed by atoms with Gasteiger partial charge in [0, 0.05) is 23.6 Å². The molecule has 0 amide bonds. The second-order valence-electron chi connectivity index (χ2n) is 3.69. The van der Waals surface area contributed by atoms with Crippen molar-refractivity contribution >= 4 is 5.69 Å². The molecule has 1 aromatic heterocycles. The number of rotatable bonds is 6. The van der Waals surface area contributed by atoms with Gasteiger partial charge < -0.3 is 16.2 Å². The summed E-state index contributed by atoms with van der Waals surface area (Å²) in [6.45, 7) is -1.74. The van der Waals surface area contributed by atoms with Crippen LogP contribution in [0.4, 0.5) is 23.2 Å². The van der Waals surface area contributed by atoms with E-state index in [0.29, 0.717) is 11.3 Å². The summed E-state index contributed by atoms with van der Waals surface area (Å²) in [5.74, 6) is -4.18. The first kappa shape index (κ1) is 14.7. The lowest BCUT2D eigenvalue weighted by atomic mass is 10.1. The van der Waals surface area contributed by atoms with Crippen molar-refractivity contribution < 1.29 is 22.3 Å². The van der Waals surface area contributed by atoms with Gasteiger partial charge in [-0.15, -0.1) is 0 Å². The van der Waals surface area contributed by atoms with E-state index in [2.05, 4.69) is 9.72 Å². The van der Waals surface area contributed by atoms with Crippen LogP contribution in [0.5, 0.6) is 0 Å². The molecule has 0 aliphatic carbocycles. The SMILES string of the molecule is Nc1ccncc1C(N)COCC(F)(F)C(F)F. The smallest absolute Gasteiger partial charge is 0.330 e. The molecule has 0 radical (unpaired) electrons. The van der Waals surface area contributed by atoms with Crippen molar-refractivity contribution in [2.24, 2.45) is 5.73 Å².